The summed E-state index contributed by atoms with van der Waals surface area (Å²) in [6.07, 6.45) is 4.78. The summed E-state index contributed by atoms with van der Waals surface area (Å²) in [7, 11) is 0. The highest BCUT2D eigenvalue weighted by molar-refractivity contribution is 5.14. The lowest BCUT2D eigenvalue weighted by Crippen LogP contribution is -2.35. The zero-order valence-corrected chi connectivity index (χ0v) is 8.96. The number of hydrogen-bond acceptors (Lipinski definition) is 1. The minimum Gasteiger partial charge on any atom is -0.384 e. The molecule has 78 valence electrons. The Balaban J connectivity index is 2.18. The fraction of sp³-hybridized carbons (Fsp3) is 0.667. The number of aromatic amines is 1. The van der Waals surface area contributed by atoms with Crippen molar-refractivity contribution in [3.63, 3.8) is 0 Å². The van der Waals surface area contributed by atoms with Crippen LogP contribution < -0.4 is 0 Å². The molecule has 0 bridgehead atoms. The minimum absolute atomic E-state index is 0.602. The van der Waals surface area contributed by atoms with Crippen molar-refractivity contribution >= 4 is 0 Å². The Morgan fingerprint density at radius 3 is 2.79 bits per heavy atom. The second-order valence-corrected chi connectivity index (χ2v) is 4.81. The van der Waals surface area contributed by atoms with Crippen molar-refractivity contribution in [3.8, 4) is 0 Å². The maximum absolute atomic E-state index is 10.5. The topological polar surface area (TPSA) is 36.0 Å². The van der Waals surface area contributed by atoms with E-state index in [2.05, 4.69) is 18.8 Å². The van der Waals surface area contributed by atoms with Gasteiger partial charge in [0.1, 0.15) is 5.60 Å². The van der Waals surface area contributed by atoms with Crippen LogP contribution in [0.25, 0.3) is 0 Å². The molecule has 3 atom stereocenters. The quantitative estimate of drug-likeness (QED) is 0.706. The molecule has 1 saturated carbocycles. The summed E-state index contributed by atoms with van der Waals surface area (Å²) in [5.74, 6) is 1.35. The molecule has 0 radical (unpaired) electrons. The van der Waals surface area contributed by atoms with Gasteiger partial charge in [0.2, 0.25) is 0 Å². The van der Waals surface area contributed by atoms with Crippen LogP contribution in [-0.4, -0.2) is 10.1 Å². The van der Waals surface area contributed by atoms with E-state index >= 15 is 0 Å². The molecule has 1 fully saturated rings. The van der Waals surface area contributed by atoms with E-state index in [4.69, 9.17) is 0 Å². The molecule has 1 aromatic rings. The van der Waals surface area contributed by atoms with Crippen molar-refractivity contribution < 1.29 is 5.11 Å². The SMILES string of the molecule is CC1CCC(O)(c2ccc[nH]2)CC1C. The summed E-state index contributed by atoms with van der Waals surface area (Å²) in [5.41, 5.74) is 0.381. The third kappa shape index (κ3) is 1.59. The van der Waals surface area contributed by atoms with Crippen LogP contribution in [0.4, 0.5) is 0 Å². The Morgan fingerprint density at radius 2 is 2.21 bits per heavy atom. The van der Waals surface area contributed by atoms with Crippen molar-refractivity contribution in [3.05, 3.63) is 24.0 Å². The average molecular weight is 193 g/mol. The Hall–Kier alpha value is -0.760. The van der Waals surface area contributed by atoms with Crippen molar-refractivity contribution in [1.82, 2.24) is 4.98 Å². The maximum atomic E-state index is 10.5. The number of aliphatic hydroxyl groups is 1. The van der Waals surface area contributed by atoms with Gasteiger partial charge in [0, 0.05) is 11.9 Å². The van der Waals surface area contributed by atoms with Crippen molar-refractivity contribution in [2.45, 2.75) is 38.7 Å². The molecule has 2 rings (SSSR count). The largest absolute Gasteiger partial charge is 0.384 e. The van der Waals surface area contributed by atoms with Gasteiger partial charge in [-0.05, 0) is 43.2 Å². The summed E-state index contributed by atoms with van der Waals surface area (Å²) in [4.78, 5) is 3.13. The van der Waals surface area contributed by atoms with Crippen LogP contribution in [0, 0.1) is 11.8 Å². The van der Waals surface area contributed by atoms with E-state index in [1.165, 1.54) is 0 Å². The highest BCUT2D eigenvalue weighted by atomic mass is 16.3. The van der Waals surface area contributed by atoms with Gasteiger partial charge in [-0.25, -0.2) is 0 Å². The zero-order chi connectivity index (χ0) is 10.2. The highest BCUT2D eigenvalue weighted by Crippen LogP contribution is 2.41. The first-order valence-corrected chi connectivity index (χ1v) is 5.48. The average Bonchev–Trinajstić information content (AvgIpc) is 2.65. The Labute approximate surface area is 85.3 Å². The van der Waals surface area contributed by atoms with Crippen molar-refractivity contribution in [1.29, 1.82) is 0 Å². The van der Waals surface area contributed by atoms with E-state index in [9.17, 15) is 5.11 Å². The van der Waals surface area contributed by atoms with Crippen molar-refractivity contribution in [2.75, 3.05) is 0 Å². The number of nitrogens with one attached hydrogen (secondary N) is 1. The van der Waals surface area contributed by atoms with Crippen LogP contribution in [0.15, 0.2) is 18.3 Å². The number of H-pyrrole nitrogens is 1. The summed E-state index contributed by atoms with van der Waals surface area (Å²) in [6.45, 7) is 4.51. The van der Waals surface area contributed by atoms with Crippen LogP contribution in [0.1, 0.15) is 38.8 Å². The number of rotatable bonds is 1. The molecule has 2 heteroatoms. The lowest BCUT2D eigenvalue weighted by molar-refractivity contribution is -0.0366. The van der Waals surface area contributed by atoms with E-state index in [1.54, 1.807) is 0 Å². The van der Waals surface area contributed by atoms with Gasteiger partial charge in [-0.3, -0.25) is 0 Å². The zero-order valence-electron chi connectivity index (χ0n) is 8.96. The molecule has 2 N–H and O–H groups in total. The van der Waals surface area contributed by atoms with Gasteiger partial charge in [0.05, 0.1) is 0 Å². The molecule has 0 amide bonds. The third-order valence-electron chi connectivity index (χ3n) is 3.74. The van der Waals surface area contributed by atoms with Gasteiger partial charge in [-0.1, -0.05) is 13.8 Å². The van der Waals surface area contributed by atoms with Gasteiger partial charge in [0.15, 0.2) is 0 Å². The number of hydrogen-bond donors (Lipinski definition) is 2. The van der Waals surface area contributed by atoms with Gasteiger partial charge in [0.25, 0.3) is 0 Å². The molecule has 1 aliphatic rings. The maximum Gasteiger partial charge on any atom is 0.105 e. The summed E-state index contributed by atoms with van der Waals surface area (Å²) in [5, 5.41) is 10.5. The molecule has 1 aromatic heterocycles. The lowest BCUT2D eigenvalue weighted by atomic mass is 9.72. The van der Waals surface area contributed by atoms with E-state index in [0.29, 0.717) is 5.92 Å². The lowest BCUT2D eigenvalue weighted by Gasteiger charge is -2.38. The molecule has 0 spiro atoms. The summed E-state index contributed by atoms with van der Waals surface area (Å²) < 4.78 is 0. The Morgan fingerprint density at radius 1 is 1.43 bits per heavy atom. The van der Waals surface area contributed by atoms with Crippen LogP contribution in [0.5, 0.6) is 0 Å². The summed E-state index contributed by atoms with van der Waals surface area (Å²) >= 11 is 0. The number of aromatic nitrogens is 1. The van der Waals surface area contributed by atoms with Crippen LogP contribution in [0.3, 0.4) is 0 Å². The second kappa shape index (κ2) is 3.43. The van der Waals surface area contributed by atoms with Gasteiger partial charge >= 0.3 is 0 Å². The molecule has 0 aliphatic heterocycles. The van der Waals surface area contributed by atoms with E-state index < -0.39 is 5.60 Å². The molecule has 2 nitrogen and oxygen atoms in total. The van der Waals surface area contributed by atoms with Gasteiger partial charge in [-0.15, -0.1) is 0 Å². The van der Waals surface area contributed by atoms with E-state index in [0.717, 1.165) is 30.9 Å². The molecule has 0 saturated heterocycles. The fourth-order valence-corrected chi connectivity index (χ4v) is 2.45. The first-order valence-electron chi connectivity index (χ1n) is 5.48. The Bertz CT molecular complexity index is 293. The molecule has 3 unspecified atom stereocenters. The van der Waals surface area contributed by atoms with E-state index in [-0.39, 0.29) is 0 Å². The minimum atomic E-state index is -0.602. The molecule has 14 heavy (non-hydrogen) atoms. The third-order valence-corrected chi connectivity index (χ3v) is 3.74. The van der Waals surface area contributed by atoms with E-state index in [1.807, 2.05) is 18.3 Å². The summed E-state index contributed by atoms with van der Waals surface area (Å²) in [6, 6.07) is 3.94. The Kier molecular flexibility index (Phi) is 2.40. The predicted octanol–water partition coefficient (Wildman–Crippen LogP) is 2.66. The van der Waals surface area contributed by atoms with Crippen LogP contribution in [-0.2, 0) is 5.60 Å². The van der Waals surface area contributed by atoms with Crippen LogP contribution >= 0.6 is 0 Å². The molecular weight excluding hydrogens is 174 g/mol. The molecule has 0 aromatic carbocycles. The predicted molar refractivity (Wildman–Crippen MR) is 56.9 cm³/mol. The van der Waals surface area contributed by atoms with Crippen molar-refractivity contribution in [2.24, 2.45) is 11.8 Å². The van der Waals surface area contributed by atoms with Crippen LogP contribution in [0.2, 0.25) is 0 Å². The smallest absolute Gasteiger partial charge is 0.105 e. The van der Waals surface area contributed by atoms with Gasteiger partial charge in [-0.2, -0.15) is 0 Å². The molecule has 1 heterocycles. The highest BCUT2D eigenvalue weighted by Gasteiger charge is 2.37. The first kappa shape index (κ1) is 9.78. The van der Waals surface area contributed by atoms with Gasteiger partial charge < -0.3 is 10.1 Å². The molecule has 1 aliphatic carbocycles. The second-order valence-electron chi connectivity index (χ2n) is 4.81. The first-order chi connectivity index (χ1) is 6.62. The molecular formula is C12H19NO. The monoisotopic (exact) mass is 193 g/mol. The fourth-order valence-electron chi connectivity index (χ4n) is 2.45. The standard InChI is InChI=1S/C12H19NO/c1-9-5-6-12(14,8-10(9)2)11-4-3-7-13-11/h3-4,7,9-10,13-14H,5-6,8H2,1-2H3. The normalized spacial score (nSPS) is 38.5.